The Morgan fingerprint density at radius 3 is 2.09 bits per heavy atom. The Balaban J connectivity index is 1.10. The van der Waals surface area contributed by atoms with Gasteiger partial charge in [0.2, 0.25) is 0 Å². The van der Waals surface area contributed by atoms with Gasteiger partial charge >= 0.3 is 0 Å². The summed E-state index contributed by atoms with van der Waals surface area (Å²) >= 11 is 0. The predicted molar refractivity (Wildman–Crippen MR) is 236 cm³/mol. The maximum atomic E-state index is 9.03. The van der Waals surface area contributed by atoms with Crippen LogP contribution >= 0.6 is 0 Å². The van der Waals surface area contributed by atoms with Crippen LogP contribution in [0.3, 0.4) is 0 Å². The second kappa shape index (κ2) is 14.4. The van der Waals surface area contributed by atoms with Gasteiger partial charge in [-0.25, -0.2) is 4.98 Å². The highest BCUT2D eigenvalue weighted by atomic mass is 16.5. The minimum atomic E-state index is -0.291. The van der Waals surface area contributed by atoms with E-state index in [-0.39, 0.29) is 29.6 Å². The minimum Gasteiger partial charge on any atom is -0.458 e. The van der Waals surface area contributed by atoms with Crippen molar-refractivity contribution >= 4 is 32.8 Å². The van der Waals surface area contributed by atoms with E-state index < -0.39 is 0 Å². The SMILES string of the molecule is [2H]c1c([2H])c([2H])c2c(c1[2H])c1ccc(Oc3cccc(-n4[c-][n+](-c5c(-c6ccccc6)cccc5-c5ccccc5)c5ccccc54)c3)cc1n2-c1cc(CC(C)(C)C)ccn1. The molecule has 0 spiro atoms. The first-order valence-electron chi connectivity index (χ1n) is 21.5. The van der Waals surface area contributed by atoms with Crippen molar-refractivity contribution < 1.29 is 14.8 Å². The van der Waals surface area contributed by atoms with Crippen molar-refractivity contribution in [3.8, 4) is 50.9 Å². The van der Waals surface area contributed by atoms with Crippen molar-refractivity contribution in [2.45, 2.75) is 27.2 Å². The summed E-state index contributed by atoms with van der Waals surface area (Å²) in [6.07, 6.45) is 6.31. The van der Waals surface area contributed by atoms with Crippen molar-refractivity contribution in [2.75, 3.05) is 0 Å². The third-order valence-electron chi connectivity index (χ3n) is 10.4. The number of benzene rings is 7. The van der Waals surface area contributed by atoms with Crippen molar-refractivity contribution in [1.29, 1.82) is 0 Å². The molecule has 0 unspecified atom stereocenters. The van der Waals surface area contributed by atoms with Crippen LogP contribution in [0.5, 0.6) is 11.5 Å². The van der Waals surface area contributed by atoms with E-state index in [4.69, 9.17) is 15.2 Å². The summed E-state index contributed by atoms with van der Waals surface area (Å²) in [6, 6.07) is 52.4. The van der Waals surface area contributed by atoms with Crippen molar-refractivity contribution in [2.24, 2.45) is 5.41 Å². The number of aromatic nitrogens is 4. The second-order valence-corrected chi connectivity index (χ2v) is 15.8. The summed E-state index contributed by atoms with van der Waals surface area (Å²) in [6.45, 7) is 6.55. The molecule has 0 bridgehead atoms. The zero-order chi connectivity index (χ0) is 42.7. The molecule has 0 amide bonds. The van der Waals surface area contributed by atoms with Gasteiger partial charge in [0.25, 0.3) is 6.33 Å². The average molecular weight is 755 g/mol. The molecule has 0 atom stereocenters. The molecule has 3 heterocycles. The first-order valence-corrected chi connectivity index (χ1v) is 19.5. The fraction of sp³-hybridized carbons (Fsp3) is 0.0943. The fourth-order valence-electron chi connectivity index (χ4n) is 8.03. The van der Waals surface area contributed by atoms with E-state index in [1.165, 1.54) is 0 Å². The lowest BCUT2D eigenvalue weighted by atomic mass is 9.88. The Labute approximate surface area is 344 Å². The molecule has 0 aliphatic heterocycles. The van der Waals surface area contributed by atoms with Crippen LogP contribution in [0, 0.1) is 11.7 Å². The Kier molecular flexibility index (Phi) is 7.66. The molecule has 5 nitrogen and oxygen atoms in total. The van der Waals surface area contributed by atoms with E-state index in [9.17, 15) is 0 Å². The molecule has 58 heavy (non-hydrogen) atoms. The van der Waals surface area contributed by atoms with E-state index in [2.05, 4.69) is 121 Å². The highest BCUT2D eigenvalue weighted by Gasteiger charge is 2.20. The normalized spacial score (nSPS) is 12.7. The molecule has 0 saturated carbocycles. The van der Waals surface area contributed by atoms with Gasteiger partial charge in [-0.1, -0.05) is 148 Å². The van der Waals surface area contributed by atoms with Crippen LogP contribution < -0.4 is 9.30 Å². The third kappa shape index (κ3) is 6.50. The number of pyridine rings is 1. The van der Waals surface area contributed by atoms with Gasteiger partial charge in [-0.05, 0) is 88.2 Å². The highest BCUT2D eigenvalue weighted by molar-refractivity contribution is 6.09. The lowest BCUT2D eigenvalue weighted by molar-refractivity contribution is -0.571. The zero-order valence-corrected chi connectivity index (χ0v) is 32.5. The van der Waals surface area contributed by atoms with Gasteiger partial charge in [-0.15, -0.1) is 0 Å². The number of ether oxygens (including phenoxy) is 1. The van der Waals surface area contributed by atoms with E-state index in [0.717, 1.165) is 56.6 Å². The lowest BCUT2D eigenvalue weighted by Gasteiger charge is -2.18. The first kappa shape index (κ1) is 30.9. The zero-order valence-electron chi connectivity index (χ0n) is 36.5. The summed E-state index contributed by atoms with van der Waals surface area (Å²) in [5.74, 6) is 1.72. The van der Waals surface area contributed by atoms with Crippen LogP contribution in [0.2, 0.25) is 0 Å². The summed E-state index contributed by atoms with van der Waals surface area (Å²) in [5, 5.41) is 1.12. The van der Waals surface area contributed by atoms with E-state index in [1.54, 1.807) is 6.20 Å². The summed E-state index contributed by atoms with van der Waals surface area (Å²) in [4.78, 5) is 4.75. The molecule has 7 aromatic carbocycles. The minimum absolute atomic E-state index is 0.0289. The standard InChI is InChI=1S/C53H42N4O/c1-53(2,3)35-37-30-31-54-51(32-37)57-47-25-11-10-22-45(47)46-29-28-42(34-50(46)57)58-41-21-14-20-40(33-41)55-36-56(49-27-13-12-26-48(49)55)52-43(38-16-6-4-7-17-38)23-15-24-44(52)39-18-8-5-9-19-39/h4-34H,35H2,1-3H3/i10D,11D,22D,25D. The molecular weight excluding hydrogens is 709 g/mol. The molecule has 10 rings (SSSR count). The fourth-order valence-corrected chi connectivity index (χ4v) is 8.03. The molecule has 0 N–H and O–H groups in total. The van der Waals surface area contributed by atoms with Gasteiger partial charge in [0, 0.05) is 23.0 Å². The molecule has 280 valence electrons. The second-order valence-electron chi connectivity index (χ2n) is 15.8. The van der Waals surface area contributed by atoms with E-state index in [1.807, 2.05) is 77.4 Å². The molecule has 0 radical (unpaired) electrons. The maximum Gasteiger partial charge on any atom is 0.269 e. The van der Waals surface area contributed by atoms with Gasteiger partial charge in [-0.2, -0.15) is 0 Å². The summed E-state index contributed by atoms with van der Waals surface area (Å²) < 4.78 is 47.8. The van der Waals surface area contributed by atoms with Gasteiger partial charge in [0.15, 0.2) is 0 Å². The molecule has 0 aliphatic carbocycles. The average Bonchev–Trinajstić information content (AvgIpc) is 3.84. The molecule has 0 fully saturated rings. The molecule has 5 heteroatoms. The Hall–Kier alpha value is -7.24. The number of nitrogens with zero attached hydrogens (tertiary/aromatic N) is 4. The van der Waals surface area contributed by atoms with E-state index >= 15 is 0 Å². The molecule has 0 aliphatic rings. The topological polar surface area (TPSA) is 35.9 Å². The monoisotopic (exact) mass is 754 g/mol. The van der Waals surface area contributed by atoms with Crippen LogP contribution in [0.25, 0.3) is 72.3 Å². The number of fused-ring (bicyclic) bond motifs is 4. The molecular formula is C53H42N4O. The third-order valence-corrected chi connectivity index (χ3v) is 10.4. The summed E-state index contributed by atoms with van der Waals surface area (Å²) in [5.41, 5.74) is 10.4. The van der Waals surface area contributed by atoms with Crippen LogP contribution in [0.15, 0.2) is 188 Å². The number of para-hydroxylation sites is 4. The summed E-state index contributed by atoms with van der Waals surface area (Å²) in [7, 11) is 0. The number of rotatable bonds is 8. The molecule has 3 aromatic heterocycles. The maximum absolute atomic E-state index is 9.03. The lowest BCUT2D eigenvalue weighted by Crippen LogP contribution is -2.31. The van der Waals surface area contributed by atoms with Crippen LogP contribution in [-0.4, -0.2) is 14.1 Å². The predicted octanol–water partition coefficient (Wildman–Crippen LogP) is 12.9. The number of hydrogen-bond acceptors (Lipinski definition) is 2. The van der Waals surface area contributed by atoms with Crippen LogP contribution in [0.1, 0.15) is 31.8 Å². The molecule has 10 aromatic rings. The number of hydrogen-bond donors (Lipinski definition) is 0. The largest absolute Gasteiger partial charge is 0.458 e. The smallest absolute Gasteiger partial charge is 0.269 e. The molecule has 0 saturated heterocycles. The van der Waals surface area contributed by atoms with Crippen LogP contribution in [0.4, 0.5) is 0 Å². The Morgan fingerprint density at radius 1 is 0.638 bits per heavy atom. The van der Waals surface area contributed by atoms with Gasteiger partial charge in [0.05, 0.1) is 38.9 Å². The highest BCUT2D eigenvalue weighted by Crippen LogP contribution is 2.37. The van der Waals surface area contributed by atoms with Crippen molar-refractivity contribution in [3.63, 3.8) is 0 Å². The van der Waals surface area contributed by atoms with Gasteiger partial charge in [0.1, 0.15) is 17.3 Å². The van der Waals surface area contributed by atoms with Crippen molar-refractivity contribution in [1.82, 2.24) is 14.1 Å². The van der Waals surface area contributed by atoms with E-state index in [0.29, 0.717) is 39.1 Å². The quantitative estimate of drug-likeness (QED) is 0.114. The Morgan fingerprint density at radius 2 is 1.33 bits per heavy atom. The van der Waals surface area contributed by atoms with Crippen molar-refractivity contribution in [3.05, 3.63) is 200 Å². The van der Waals surface area contributed by atoms with Crippen LogP contribution in [-0.2, 0) is 6.42 Å². The first-order chi connectivity index (χ1) is 30.0. The van der Waals surface area contributed by atoms with Gasteiger partial charge in [-0.3, -0.25) is 13.7 Å². The Bertz CT molecular complexity index is 3280. The van der Waals surface area contributed by atoms with Gasteiger partial charge < -0.3 is 4.74 Å². The number of imidazole rings is 1.